The molecule has 1 aromatic heterocycles. The van der Waals surface area contributed by atoms with E-state index in [1.165, 1.54) is 5.56 Å². The Bertz CT molecular complexity index is 1070. The lowest BCUT2D eigenvalue weighted by atomic mass is 9.99. The highest BCUT2D eigenvalue weighted by Crippen LogP contribution is 2.29. The standard InChI is InChI=1S/C19H14O2.C2H6/c1-11-3-6-14-13(9-11)5-8-16-15-7-4-12(2)10-17(15)21-19(20)18(14)16;1-2/h3-10H,1-2H3;1-2H3. The van der Waals surface area contributed by atoms with E-state index in [0.29, 0.717) is 11.0 Å². The molecule has 0 bridgehead atoms. The summed E-state index contributed by atoms with van der Waals surface area (Å²) in [6, 6.07) is 16.2. The summed E-state index contributed by atoms with van der Waals surface area (Å²) < 4.78 is 5.54. The molecule has 0 unspecified atom stereocenters. The van der Waals surface area contributed by atoms with Gasteiger partial charge in [0, 0.05) is 10.8 Å². The molecule has 2 heteroatoms. The number of hydrogen-bond donors (Lipinski definition) is 0. The van der Waals surface area contributed by atoms with Crippen LogP contribution in [-0.2, 0) is 0 Å². The second kappa shape index (κ2) is 5.88. The average Bonchev–Trinajstić information content (AvgIpc) is 2.55. The van der Waals surface area contributed by atoms with Crippen molar-refractivity contribution in [3.05, 3.63) is 70.1 Å². The maximum Gasteiger partial charge on any atom is 0.344 e. The van der Waals surface area contributed by atoms with Crippen molar-refractivity contribution in [1.29, 1.82) is 0 Å². The van der Waals surface area contributed by atoms with Gasteiger partial charge in [-0.2, -0.15) is 0 Å². The molecule has 4 rings (SSSR count). The fourth-order valence-electron chi connectivity index (χ4n) is 2.98. The quantitative estimate of drug-likeness (QED) is 0.306. The molecular weight excluding hydrogens is 284 g/mol. The van der Waals surface area contributed by atoms with Gasteiger partial charge in [0.1, 0.15) is 5.58 Å². The minimum absolute atomic E-state index is 0.266. The maximum absolute atomic E-state index is 12.4. The van der Waals surface area contributed by atoms with E-state index in [4.69, 9.17) is 4.42 Å². The predicted molar refractivity (Wildman–Crippen MR) is 98.3 cm³/mol. The normalized spacial score (nSPS) is 10.8. The van der Waals surface area contributed by atoms with Gasteiger partial charge in [-0.1, -0.05) is 61.9 Å². The van der Waals surface area contributed by atoms with Gasteiger partial charge in [0.2, 0.25) is 0 Å². The summed E-state index contributed by atoms with van der Waals surface area (Å²) in [6.07, 6.45) is 0. The van der Waals surface area contributed by atoms with Crippen LogP contribution in [0.5, 0.6) is 0 Å². The van der Waals surface area contributed by atoms with Crippen molar-refractivity contribution < 1.29 is 4.42 Å². The molecule has 0 spiro atoms. The third-order valence-electron chi connectivity index (χ3n) is 4.01. The molecule has 4 aromatic rings. The van der Waals surface area contributed by atoms with Crippen LogP contribution in [0.2, 0.25) is 0 Å². The number of fused-ring (bicyclic) bond motifs is 5. The van der Waals surface area contributed by atoms with Crippen molar-refractivity contribution in [2.45, 2.75) is 27.7 Å². The molecule has 0 aliphatic carbocycles. The van der Waals surface area contributed by atoms with Crippen molar-refractivity contribution in [2.75, 3.05) is 0 Å². The summed E-state index contributed by atoms with van der Waals surface area (Å²) in [5.74, 6) is 0. The second-order valence-corrected chi connectivity index (χ2v) is 5.60. The molecule has 2 nitrogen and oxygen atoms in total. The summed E-state index contributed by atoms with van der Waals surface area (Å²) in [4.78, 5) is 12.4. The van der Waals surface area contributed by atoms with E-state index in [1.807, 2.05) is 57.2 Å². The van der Waals surface area contributed by atoms with E-state index < -0.39 is 0 Å². The van der Waals surface area contributed by atoms with Gasteiger partial charge in [-0.3, -0.25) is 0 Å². The molecule has 0 aliphatic heterocycles. The van der Waals surface area contributed by atoms with Crippen LogP contribution in [0, 0.1) is 13.8 Å². The number of aryl methyl sites for hydroxylation is 2. The van der Waals surface area contributed by atoms with Gasteiger partial charge in [0.25, 0.3) is 0 Å². The third kappa shape index (κ3) is 2.50. The Morgan fingerprint density at radius 3 is 2.09 bits per heavy atom. The molecule has 0 amide bonds. The Morgan fingerprint density at radius 1 is 0.739 bits per heavy atom. The van der Waals surface area contributed by atoms with Crippen LogP contribution in [0.4, 0.5) is 0 Å². The molecule has 0 N–H and O–H groups in total. The zero-order valence-electron chi connectivity index (χ0n) is 13.9. The van der Waals surface area contributed by atoms with E-state index in [0.717, 1.165) is 27.1 Å². The third-order valence-corrected chi connectivity index (χ3v) is 4.01. The van der Waals surface area contributed by atoms with E-state index in [1.54, 1.807) is 0 Å². The van der Waals surface area contributed by atoms with Gasteiger partial charge in [0.05, 0.1) is 5.39 Å². The summed E-state index contributed by atoms with van der Waals surface area (Å²) in [5, 5.41) is 4.63. The van der Waals surface area contributed by atoms with Gasteiger partial charge in [0.15, 0.2) is 0 Å². The molecule has 23 heavy (non-hydrogen) atoms. The van der Waals surface area contributed by atoms with Crippen LogP contribution in [0.1, 0.15) is 25.0 Å². The smallest absolute Gasteiger partial charge is 0.344 e. The van der Waals surface area contributed by atoms with Crippen LogP contribution < -0.4 is 5.63 Å². The summed E-state index contributed by atoms with van der Waals surface area (Å²) in [7, 11) is 0. The van der Waals surface area contributed by atoms with Crippen molar-refractivity contribution in [2.24, 2.45) is 0 Å². The Labute approximate surface area is 135 Å². The predicted octanol–water partition coefficient (Wildman–Crippen LogP) is 5.74. The SMILES string of the molecule is CC.Cc1ccc2c(ccc3c4ccc(C)cc4oc(=O)c23)c1. The Hall–Kier alpha value is -2.61. The summed E-state index contributed by atoms with van der Waals surface area (Å²) >= 11 is 0. The lowest BCUT2D eigenvalue weighted by Gasteiger charge is -2.07. The minimum atomic E-state index is -0.266. The molecule has 0 saturated carbocycles. The van der Waals surface area contributed by atoms with Gasteiger partial charge in [-0.15, -0.1) is 0 Å². The largest absolute Gasteiger partial charge is 0.422 e. The average molecular weight is 304 g/mol. The van der Waals surface area contributed by atoms with Crippen LogP contribution in [0.25, 0.3) is 32.5 Å². The Morgan fingerprint density at radius 2 is 1.35 bits per heavy atom. The minimum Gasteiger partial charge on any atom is -0.422 e. The summed E-state index contributed by atoms with van der Waals surface area (Å²) in [6.45, 7) is 8.04. The molecule has 0 atom stereocenters. The van der Waals surface area contributed by atoms with Crippen molar-refractivity contribution >= 4 is 32.5 Å². The molecule has 116 valence electrons. The zero-order chi connectivity index (χ0) is 16.6. The lowest BCUT2D eigenvalue weighted by molar-refractivity contribution is 0.570. The van der Waals surface area contributed by atoms with E-state index >= 15 is 0 Å². The van der Waals surface area contributed by atoms with Crippen LogP contribution >= 0.6 is 0 Å². The van der Waals surface area contributed by atoms with Crippen molar-refractivity contribution in [3.8, 4) is 0 Å². The first-order valence-electron chi connectivity index (χ1n) is 8.00. The van der Waals surface area contributed by atoms with Crippen molar-refractivity contribution in [1.82, 2.24) is 0 Å². The van der Waals surface area contributed by atoms with Gasteiger partial charge in [-0.25, -0.2) is 4.79 Å². The number of hydrogen-bond acceptors (Lipinski definition) is 2. The monoisotopic (exact) mass is 304 g/mol. The first-order valence-corrected chi connectivity index (χ1v) is 8.00. The summed E-state index contributed by atoms with van der Waals surface area (Å²) in [5.41, 5.74) is 2.65. The molecule has 0 aliphatic rings. The highest BCUT2D eigenvalue weighted by atomic mass is 16.4. The van der Waals surface area contributed by atoms with Gasteiger partial charge < -0.3 is 4.42 Å². The first kappa shape index (κ1) is 15.3. The van der Waals surface area contributed by atoms with Crippen LogP contribution in [0.3, 0.4) is 0 Å². The highest BCUT2D eigenvalue weighted by molar-refractivity contribution is 6.15. The first-order chi connectivity index (χ1) is 11.1. The van der Waals surface area contributed by atoms with Crippen LogP contribution in [0.15, 0.2) is 57.7 Å². The highest BCUT2D eigenvalue weighted by Gasteiger charge is 2.10. The lowest BCUT2D eigenvalue weighted by Crippen LogP contribution is -2.01. The fraction of sp³-hybridized carbons (Fsp3) is 0.190. The topological polar surface area (TPSA) is 30.2 Å². The molecule has 3 aromatic carbocycles. The van der Waals surface area contributed by atoms with E-state index in [-0.39, 0.29) is 5.63 Å². The Balaban J connectivity index is 0.000000753. The molecule has 0 radical (unpaired) electrons. The molecule has 0 fully saturated rings. The van der Waals surface area contributed by atoms with E-state index in [9.17, 15) is 4.79 Å². The molecule has 0 saturated heterocycles. The Kier molecular flexibility index (Phi) is 3.91. The van der Waals surface area contributed by atoms with Gasteiger partial charge in [-0.05, 0) is 36.2 Å². The van der Waals surface area contributed by atoms with Crippen LogP contribution in [-0.4, -0.2) is 0 Å². The number of rotatable bonds is 0. The van der Waals surface area contributed by atoms with Crippen molar-refractivity contribution in [3.63, 3.8) is 0 Å². The second-order valence-electron chi connectivity index (χ2n) is 5.60. The molecule has 1 heterocycles. The molecular formula is C21H20O2. The zero-order valence-corrected chi connectivity index (χ0v) is 13.9. The number of benzene rings is 3. The van der Waals surface area contributed by atoms with E-state index in [2.05, 4.69) is 19.1 Å². The maximum atomic E-state index is 12.4. The van der Waals surface area contributed by atoms with Gasteiger partial charge >= 0.3 is 5.63 Å². The fourth-order valence-corrected chi connectivity index (χ4v) is 2.98.